The van der Waals surface area contributed by atoms with Gasteiger partial charge in [-0.15, -0.1) is 0 Å². The lowest BCUT2D eigenvalue weighted by atomic mass is 10.2. The molecule has 0 aliphatic heterocycles. The average molecular weight is 532 g/mol. The number of anilines is 2. The van der Waals surface area contributed by atoms with Crippen LogP contribution in [0.15, 0.2) is 66.7 Å². The highest BCUT2D eigenvalue weighted by Gasteiger charge is 2.22. The lowest BCUT2D eigenvalue weighted by Crippen LogP contribution is -2.36. The number of hydrogen-bond donors (Lipinski definition) is 3. The Bertz CT molecular complexity index is 1450. The van der Waals surface area contributed by atoms with E-state index < -0.39 is 17.7 Å². The maximum Gasteiger partial charge on any atom is 0.328 e. The molecule has 3 N–H and O–H groups in total. The summed E-state index contributed by atoms with van der Waals surface area (Å²) in [7, 11) is 1.54. The Labute approximate surface area is 214 Å². The number of halogens is 3. The third kappa shape index (κ3) is 5.35. The summed E-state index contributed by atoms with van der Waals surface area (Å²) in [5, 5.41) is 6.49. The molecule has 178 valence electrons. The van der Waals surface area contributed by atoms with Crippen LogP contribution in [0.1, 0.15) is 10.5 Å². The maximum atomic E-state index is 13.1. The number of rotatable bonds is 5. The highest BCUT2D eigenvalue weighted by Crippen LogP contribution is 2.29. The second-order valence-electron chi connectivity index (χ2n) is 7.25. The molecule has 3 aromatic carbocycles. The molecular weight excluding hydrogens is 515 g/mol. The van der Waals surface area contributed by atoms with Gasteiger partial charge in [-0.05, 0) is 60.7 Å². The average Bonchev–Trinajstić information content (AvgIpc) is 3.19. The molecule has 0 spiro atoms. The first-order chi connectivity index (χ1) is 16.8. The molecule has 0 aliphatic rings. The third-order valence-electron chi connectivity index (χ3n) is 4.96. The molecule has 0 aliphatic carbocycles. The van der Waals surface area contributed by atoms with Gasteiger partial charge in [0.15, 0.2) is 0 Å². The van der Waals surface area contributed by atoms with E-state index in [0.717, 1.165) is 0 Å². The zero-order chi connectivity index (χ0) is 25.1. The first-order valence-electron chi connectivity index (χ1n) is 10.1. The number of methoxy groups -OCH3 is 1. The fourth-order valence-electron chi connectivity index (χ4n) is 3.27. The first-order valence-corrected chi connectivity index (χ1v) is 11.2. The van der Waals surface area contributed by atoms with Crippen molar-refractivity contribution in [3.63, 3.8) is 0 Å². The molecule has 0 radical (unpaired) electrons. The largest absolute Gasteiger partial charge is 0.497 e. The van der Waals surface area contributed by atoms with Crippen LogP contribution in [-0.4, -0.2) is 29.5 Å². The number of carbonyl (C=O) groups is 3. The van der Waals surface area contributed by atoms with Crippen molar-refractivity contribution in [2.45, 2.75) is 0 Å². The van der Waals surface area contributed by atoms with Gasteiger partial charge in [0.05, 0.1) is 28.4 Å². The van der Waals surface area contributed by atoms with Gasteiger partial charge in [-0.25, -0.2) is 4.68 Å². The Morgan fingerprint density at radius 3 is 2.31 bits per heavy atom. The van der Waals surface area contributed by atoms with Gasteiger partial charge in [-0.3, -0.25) is 19.8 Å². The van der Waals surface area contributed by atoms with E-state index in [-0.39, 0.29) is 21.4 Å². The molecule has 1 heterocycles. The Morgan fingerprint density at radius 1 is 0.857 bits per heavy atom. The predicted molar refractivity (Wildman–Crippen MR) is 137 cm³/mol. The van der Waals surface area contributed by atoms with Crippen LogP contribution in [0.4, 0.5) is 11.4 Å². The molecule has 0 unspecified atom stereocenters. The smallest absolute Gasteiger partial charge is 0.328 e. The summed E-state index contributed by atoms with van der Waals surface area (Å²) in [5.74, 6) is -1.94. The fraction of sp³-hybridized carbons (Fsp3) is 0.0417. The maximum absolute atomic E-state index is 13.1. The number of benzene rings is 3. The van der Waals surface area contributed by atoms with Crippen molar-refractivity contribution in [3.05, 3.63) is 87.5 Å². The number of hydrogen-bond acceptors (Lipinski definition) is 4. The quantitative estimate of drug-likeness (QED) is 0.293. The predicted octanol–water partition coefficient (Wildman–Crippen LogP) is 5.57. The summed E-state index contributed by atoms with van der Waals surface area (Å²) in [6.07, 6.45) is 0. The molecule has 11 heteroatoms. The highest BCUT2D eigenvalue weighted by molar-refractivity contribution is 6.46. The summed E-state index contributed by atoms with van der Waals surface area (Å²) in [4.78, 5) is 38.4. The Kier molecular flexibility index (Phi) is 7.16. The number of carbonyl (C=O) groups excluding carboxylic acids is 3. The number of amides is 3. The van der Waals surface area contributed by atoms with Crippen LogP contribution < -0.4 is 20.8 Å². The molecule has 8 nitrogen and oxygen atoms in total. The van der Waals surface area contributed by atoms with Crippen LogP contribution in [0.3, 0.4) is 0 Å². The molecular formula is C24H17Cl3N4O4. The minimum Gasteiger partial charge on any atom is -0.497 e. The Hall–Kier alpha value is -3.72. The molecule has 0 fully saturated rings. The van der Waals surface area contributed by atoms with E-state index >= 15 is 0 Å². The number of nitrogens with zero attached hydrogens (tertiary/aromatic N) is 1. The van der Waals surface area contributed by atoms with Crippen LogP contribution in [0.5, 0.6) is 5.75 Å². The van der Waals surface area contributed by atoms with Crippen molar-refractivity contribution in [1.29, 1.82) is 0 Å². The van der Waals surface area contributed by atoms with Crippen LogP contribution in [0.2, 0.25) is 15.1 Å². The van der Waals surface area contributed by atoms with E-state index in [4.69, 9.17) is 39.5 Å². The molecule has 0 saturated heterocycles. The van der Waals surface area contributed by atoms with E-state index in [2.05, 4.69) is 16.1 Å². The standard InChI is InChI=1S/C24H17Cl3N4O4/c1-35-16-8-6-15(7-9-16)28-22(32)20-12-13-11-14(25)5-10-19(13)31(20)30-24(34)23(33)29-18-4-2-3-17(26)21(18)27/h2-12H,1H3,(H,28,32)(H,29,33)(H,30,34). The summed E-state index contributed by atoms with van der Waals surface area (Å²) >= 11 is 18.1. The third-order valence-corrected chi connectivity index (χ3v) is 6.02. The zero-order valence-electron chi connectivity index (χ0n) is 18.1. The molecule has 0 atom stereocenters. The van der Waals surface area contributed by atoms with Crippen LogP contribution in [-0.2, 0) is 9.59 Å². The van der Waals surface area contributed by atoms with Crippen molar-refractivity contribution in [2.75, 3.05) is 23.2 Å². The van der Waals surface area contributed by atoms with Gasteiger partial charge >= 0.3 is 11.8 Å². The van der Waals surface area contributed by atoms with Gasteiger partial charge in [0.1, 0.15) is 11.4 Å². The number of fused-ring (bicyclic) bond motifs is 1. The van der Waals surface area contributed by atoms with Gasteiger partial charge in [0.25, 0.3) is 5.91 Å². The topological polar surface area (TPSA) is 101 Å². The fourth-order valence-corrected chi connectivity index (χ4v) is 3.80. The molecule has 35 heavy (non-hydrogen) atoms. The molecule has 4 rings (SSSR count). The van der Waals surface area contributed by atoms with Crippen molar-refractivity contribution in [3.8, 4) is 5.75 Å². The monoisotopic (exact) mass is 530 g/mol. The van der Waals surface area contributed by atoms with Gasteiger partial charge < -0.3 is 15.4 Å². The molecule has 3 amide bonds. The van der Waals surface area contributed by atoms with E-state index in [9.17, 15) is 14.4 Å². The van der Waals surface area contributed by atoms with Gasteiger partial charge in [0, 0.05) is 16.1 Å². The Morgan fingerprint density at radius 2 is 1.60 bits per heavy atom. The number of ether oxygens (including phenoxy) is 1. The van der Waals surface area contributed by atoms with E-state index in [1.54, 1.807) is 60.7 Å². The molecule has 4 aromatic rings. The van der Waals surface area contributed by atoms with Crippen LogP contribution in [0.25, 0.3) is 10.9 Å². The lowest BCUT2D eigenvalue weighted by Gasteiger charge is -2.13. The minimum absolute atomic E-state index is 0.0695. The normalized spacial score (nSPS) is 10.6. The van der Waals surface area contributed by atoms with E-state index in [1.807, 2.05) is 0 Å². The van der Waals surface area contributed by atoms with Gasteiger partial charge in [0.2, 0.25) is 0 Å². The highest BCUT2D eigenvalue weighted by atomic mass is 35.5. The van der Waals surface area contributed by atoms with Crippen molar-refractivity contribution in [2.24, 2.45) is 0 Å². The summed E-state index contributed by atoms with van der Waals surface area (Å²) in [6, 6.07) is 17.7. The van der Waals surface area contributed by atoms with Crippen molar-refractivity contribution >= 4 is 74.8 Å². The number of nitrogens with one attached hydrogen (secondary N) is 3. The number of aromatic nitrogens is 1. The molecule has 0 bridgehead atoms. The summed E-state index contributed by atoms with van der Waals surface area (Å²) < 4.78 is 6.34. The van der Waals surface area contributed by atoms with Crippen LogP contribution in [0, 0.1) is 0 Å². The van der Waals surface area contributed by atoms with E-state index in [1.165, 1.54) is 17.9 Å². The molecule has 0 saturated carbocycles. The zero-order valence-corrected chi connectivity index (χ0v) is 20.3. The second kappa shape index (κ2) is 10.3. The van der Waals surface area contributed by atoms with E-state index in [0.29, 0.717) is 27.4 Å². The minimum atomic E-state index is -1.04. The van der Waals surface area contributed by atoms with Crippen LogP contribution >= 0.6 is 34.8 Å². The SMILES string of the molecule is COc1ccc(NC(=O)c2cc3cc(Cl)ccc3n2NC(=O)C(=O)Nc2cccc(Cl)c2Cl)cc1. The van der Waals surface area contributed by atoms with Crippen molar-refractivity contribution in [1.82, 2.24) is 4.68 Å². The van der Waals surface area contributed by atoms with Gasteiger partial charge in [-0.2, -0.15) is 0 Å². The summed E-state index contributed by atoms with van der Waals surface area (Å²) in [5.41, 5.74) is 3.65. The summed E-state index contributed by atoms with van der Waals surface area (Å²) in [6.45, 7) is 0. The Balaban J connectivity index is 1.62. The lowest BCUT2D eigenvalue weighted by molar-refractivity contribution is -0.133. The first kappa shape index (κ1) is 24.4. The van der Waals surface area contributed by atoms with Crippen molar-refractivity contribution < 1.29 is 19.1 Å². The molecule has 1 aromatic heterocycles. The second-order valence-corrected chi connectivity index (χ2v) is 8.47. The van der Waals surface area contributed by atoms with Gasteiger partial charge in [-0.1, -0.05) is 40.9 Å².